The van der Waals surface area contributed by atoms with E-state index < -0.39 is 0 Å². The minimum absolute atomic E-state index is 0.447. The van der Waals surface area contributed by atoms with Crippen LogP contribution in [-0.2, 0) is 6.42 Å². The summed E-state index contributed by atoms with van der Waals surface area (Å²) in [5.74, 6) is 0. The zero-order valence-corrected chi connectivity index (χ0v) is 8.32. The number of hydrogen-bond acceptors (Lipinski definition) is 4. The Bertz CT molecular complexity index is 285. The Labute approximate surface area is 82.9 Å². The van der Waals surface area contributed by atoms with Gasteiger partial charge in [0.1, 0.15) is 0 Å². The maximum absolute atomic E-state index is 5.43. The molecule has 4 nitrogen and oxygen atoms in total. The van der Waals surface area contributed by atoms with E-state index in [1.54, 1.807) is 0 Å². The lowest BCUT2D eigenvalue weighted by atomic mass is 9.92. The SMILES string of the molecule is NCCc1cn(C2CCC2S)nn1. The van der Waals surface area contributed by atoms with Crippen LogP contribution >= 0.6 is 12.6 Å². The molecule has 1 aliphatic carbocycles. The Kier molecular flexibility index (Phi) is 2.55. The molecule has 5 heteroatoms. The molecule has 1 fully saturated rings. The van der Waals surface area contributed by atoms with E-state index in [1.165, 1.54) is 12.8 Å². The highest BCUT2D eigenvalue weighted by atomic mass is 32.1. The Morgan fingerprint density at radius 1 is 1.62 bits per heavy atom. The van der Waals surface area contributed by atoms with Crippen molar-refractivity contribution < 1.29 is 0 Å². The molecule has 1 heterocycles. The van der Waals surface area contributed by atoms with Crippen molar-refractivity contribution in [2.75, 3.05) is 6.54 Å². The summed E-state index contributed by atoms with van der Waals surface area (Å²) in [6, 6.07) is 0.447. The third kappa shape index (κ3) is 1.71. The zero-order chi connectivity index (χ0) is 9.26. The first-order valence-corrected chi connectivity index (χ1v) is 5.11. The number of aromatic nitrogens is 3. The van der Waals surface area contributed by atoms with Crippen molar-refractivity contribution in [2.24, 2.45) is 5.73 Å². The molecule has 13 heavy (non-hydrogen) atoms. The molecular formula is C8H14N4S. The fourth-order valence-corrected chi connectivity index (χ4v) is 1.95. The van der Waals surface area contributed by atoms with Crippen LogP contribution in [0.5, 0.6) is 0 Å². The topological polar surface area (TPSA) is 56.7 Å². The van der Waals surface area contributed by atoms with E-state index in [4.69, 9.17) is 5.73 Å². The molecule has 0 bridgehead atoms. The van der Waals surface area contributed by atoms with Gasteiger partial charge in [-0.2, -0.15) is 12.6 Å². The van der Waals surface area contributed by atoms with Crippen molar-refractivity contribution in [1.29, 1.82) is 0 Å². The van der Waals surface area contributed by atoms with Gasteiger partial charge in [0.25, 0.3) is 0 Å². The third-order valence-electron chi connectivity index (χ3n) is 2.50. The van der Waals surface area contributed by atoms with Crippen LogP contribution in [0.4, 0.5) is 0 Å². The van der Waals surface area contributed by atoms with Gasteiger partial charge >= 0.3 is 0 Å². The Morgan fingerprint density at radius 3 is 3.00 bits per heavy atom. The van der Waals surface area contributed by atoms with Gasteiger partial charge in [0.05, 0.1) is 11.7 Å². The Morgan fingerprint density at radius 2 is 2.46 bits per heavy atom. The second-order valence-corrected chi connectivity index (χ2v) is 4.10. The number of thiol groups is 1. The minimum atomic E-state index is 0.447. The van der Waals surface area contributed by atoms with Gasteiger partial charge in [-0.25, -0.2) is 4.68 Å². The molecule has 1 aromatic heterocycles. The van der Waals surface area contributed by atoms with E-state index in [0.29, 0.717) is 17.8 Å². The largest absolute Gasteiger partial charge is 0.330 e. The second-order valence-electron chi connectivity index (χ2n) is 3.44. The van der Waals surface area contributed by atoms with Crippen LogP contribution in [0, 0.1) is 0 Å². The lowest BCUT2D eigenvalue weighted by Gasteiger charge is -2.32. The van der Waals surface area contributed by atoms with Crippen molar-refractivity contribution in [3.8, 4) is 0 Å². The molecular weight excluding hydrogens is 184 g/mol. The summed E-state index contributed by atoms with van der Waals surface area (Å²) in [5, 5.41) is 8.56. The highest BCUT2D eigenvalue weighted by Crippen LogP contribution is 2.35. The second kappa shape index (κ2) is 3.67. The molecule has 1 aromatic rings. The van der Waals surface area contributed by atoms with Crippen molar-refractivity contribution in [1.82, 2.24) is 15.0 Å². The average molecular weight is 198 g/mol. The molecule has 0 aromatic carbocycles. The molecule has 2 N–H and O–H groups in total. The minimum Gasteiger partial charge on any atom is -0.330 e. The van der Waals surface area contributed by atoms with Gasteiger partial charge in [-0.05, 0) is 19.4 Å². The molecule has 0 saturated heterocycles. The van der Waals surface area contributed by atoms with Gasteiger partial charge in [0.15, 0.2) is 0 Å². The highest BCUT2D eigenvalue weighted by molar-refractivity contribution is 7.81. The summed E-state index contributed by atoms with van der Waals surface area (Å²) >= 11 is 4.44. The molecule has 2 atom stereocenters. The molecule has 2 rings (SSSR count). The van der Waals surface area contributed by atoms with E-state index in [1.807, 2.05) is 10.9 Å². The standard InChI is InChI=1S/C8H14N4S/c9-4-3-6-5-12(11-10-6)7-1-2-8(7)13/h5,7-8,13H,1-4,9H2. The summed E-state index contributed by atoms with van der Waals surface area (Å²) in [5.41, 5.74) is 6.41. The summed E-state index contributed by atoms with van der Waals surface area (Å²) < 4.78 is 1.92. The predicted octanol–water partition coefficient (Wildman–Crippen LogP) is 0.413. The normalized spacial score (nSPS) is 27.2. The average Bonchev–Trinajstić information content (AvgIpc) is 2.51. The van der Waals surface area contributed by atoms with Gasteiger partial charge in [0, 0.05) is 17.9 Å². The molecule has 72 valence electrons. The maximum Gasteiger partial charge on any atom is 0.0839 e. The van der Waals surface area contributed by atoms with Crippen molar-refractivity contribution >= 4 is 12.6 Å². The number of nitrogens with zero attached hydrogens (tertiary/aromatic N) is 3. The summed E-state index contributed by atoms with van der Waals surface area (Å²) in [6.07, 6.45) is 5.14. The summed E-state index contributed by atoms with van der Waals surface area (Å²) in [4.78, 5) is 0. The number of hydrogen-bond donors (Lipinski definition) is 2. The first kappa shape index (κ1) is 9.02. The zero-order valence-electron chi connectivity index (χ0n) is 7.43. The highest BCUT2D eigenvalue weighted by Gasteiger charge is 2.30. The van der Waals surface area contributed by atoms with Gasteiger partial charge in [-0.15, -0.1) is 5.10 Å². The van der Waals surface area contributed by atoms with E-state index in [2.05, 4.69) is 22.9 Å². The Hall–Kier alpha value is -0.550. The van der Waals surface area contributed by atoms with Crippen LogP contribution in [0.25, 0.3) is 0 Å². The monoisotopic (exact) mass is 198 g/mol. The lowest BCUT2D eigenvalue weighted by molar-refractivity contribution is 0.299. The number of rotatable bonds is 3. The van der Waals surface area contributed by atoms with Crippen LogP contribution < -0.4 is 5.73 Å². The summed E-state index contributed by atoms with van der Waals surface area (Å²) in [6.45, 7) is 0.633. The van der Waals surface area contributed by atoms with E-state index in [-0.39, 0.29) is 0 Å². The first-order chi connectivity index (χ1) is 6.31. The lowest BCUT2D eigenvalue weighted by Crippen LogP contribution is -2.30. The first-order valence-electron chi connectivity index (χ1n) is 4.60. The molecule has 2 unspecified atom stereocenters. The van der Waals surface area contributed by atoms with E-state index in [0.717, 1.165) is 12.1 Å². The van der Waals surface area contributed by atoms with Crippen LogP contribution in [0.15, 0.2) is 6.20 Å². The maximum atomic E-state index is 5.43. The fraction of sp³-hybridized carbons (Fsp3) is 0.750. The molecule has 0 aliphatic heterocycles. The smallest absolute Gasteiger partial charge is 0.0839 e. The van der Waals surface area contributed by atoms with Crippen LogP contribution in [0.1, 0.15) is 24.6 Å². The van der Waals surface area contributed by atoms with Gasteiger partial charge in [0.2, 0.25) is 0 Å². The van der Waals surface area contributed by atoms with Crippen molar-refractivity contribution in [2.45, 2.75) is 30.6 Å². The van der Waals surface area contributed by atoms with Crippen molar-refractivity contribution in [3.63, 3.8) is 0 Å². The third-order valence-corrected chi connectivity index (χ3v) is 3.10. The predicted molar refractivity (Wildman–Crippen MR) is 53.8 cm³/mol. The number of nitrogens with two attached hydrogens (primary N) is 1. The van der Waals surface area contributed by atoms with Crippen LogP contribution in [0.3, 0.4) is 0 Å². The molecule has 0 spiro atoms. The molecule has 1 saturated carbocycles. The molecule has 1 aliphatic rings. The van der Waals surface area contributed by atoms with Crippen molar-refractivity contribution in [3.05, 3.63) is 11.9 Å². The van der Waals surface area contributed by atoms with E-state index in [9.17, 15) is 0 Å². The van der Waals surface area contributed by atoms with Gasteiger partial charge < -0.3 is 5.73 Å². The van der Waals surface area contributed by atoms with Gasteiger partial charge in [-0.3, -0.25) is 0 Å². The molecule has 0 radical (unpaired) electrons. The molecule has 0 amide bonds. The van der Waals surface area contributed by atoms with Crippen LogP contribution in [0.2, 0.25) is 0 Å². The van der Waals surface area contributed by atoms with Gasteiger partial charge in [-0.1, -0.05) is 5.21 Å². The van der Waals surface area contributed by atoms with Crippen LogP contribution in [-0.4, -0.2) is 26.8 Å². The Balaban J connectivity index is 2.04. The van der Waals surface area contributed by atoms with E-state index >= 15 is 0 Å². The quantitative estimate of drug-likeness (QED) is 0.692. The summed E-state index contributed by atoms with van der Waals surface area (Å²) in [7, 11) is 0. The fourth-order valence-electron chi connectivity index (χ4n) is 1.51.